The number of carboxylic acid groups (broad SMARTS) is 1. The standard InChI is InChI=1S/C11H15N3O2/c1-8-3-2-4-9(13-8)14-6-5-11(12,7-14)10(15)16/h2-4H,5-7,12H2,1H3,(H,15,16). The topological polar surface area (TPSA) is 79.5 Å². The summed E-state index contributed by atoms with van der Waals surface area (Å²) in [5.74, 6) is -0.142. The van der Waals surface area contributed by atoms with Crippen molar-refractivity contribution in [1.29, 1.82) is 0 Å². The molecule has 1 atom stereocenters. The van der Waals surface area contributed by atoms with Crippen molar-refractivity contribution in [3.05, 3.63) is 23.9 Å². The van der Waals surface area contributed by atoms with E-state index in [2.05, 4.69) is 4.98 Å². The second-order valence-corrected chi connectivity index (χ2v) is 4.27. The van der Waals surface area contributed by atoms with Crippen LogP contribution in [-0.4, -0.2) is 34.7 Å². The van der Waals surface area contributed by atoms with E-state index < -0.39 is 11.5 Å². The summed E-state index contributed by atoms with van der Waals surface area (Å²) in [7, 11) is 0. The van der Waals surface area contributed by atoms with E-state index in [0.29, 0.717) is 19.5 Å². The minimum absolute atomic E-state index is 0.318. The molecule has 86 valence electrons. The summed E-state index contributed by atoms with van der Waals surface area (Å²) in [6.45, 7) is 2.87. The Kier molecular flexibility index (Phi) is 2.55. The summed E-state index contributed by atoms with van der Waals surface area (Å²) in [6.07, 6.45) is 0.456. The third-order valence-electron chi connectivity index (χ3n) is 2.92. The first kappa shape index (κ1) is 10.9. The van der Waals surface area contributed by atoms with Gasteiger partial charge in [-0.2, -0.15) is 0 Å². The van der Waals surface area contributed by atoms with E-state index in [4.69, 9.17) is 10.8 Å². The smallest absolute Gasteiger partial charge is 0.325 e. The van der Waals surface area contributed by atoms with E-state index in [1.54, 1.807) is 0 Å². The van der Waals surface area contributed by atoms with Crippen LogP contribution < -0.4 is 10.6 Å². The van der Waals surface area contributed by atoms with Crippen LogP contribution in [0.25, 0.3) is 0 Å². The number of anilines is 1. The van der Waals surface area contributed by atoms with Gasteiger partial charge in [0.25, 0.3) is 0 Å². The number of aliphatic carboxylic acids is 1. The average Bonchev–Trinajstić information content (AvgIpc) is 2.62. The number of nitrogens with zero attached hydrogens (tertiary/aromatic N) is 2. The summed E-state index contributed by atoms with van der Waals surface area (Å²) in [4.78, 5) is 17.3. The highest BCUT2D eigenvalue weighted by Crippen LogP contribution is 2.23. The lowest BCUT2D eigenvalue weighted by Crippen LogP contribution is -2.50. The van der Waals surface area contributed by atoms with Gasteiger partial charge in [-0.05, 0) is 25.5 Å². The van der Waals surface area contributed by atoms with E-state index in [-0.39, 0.29) is 0 Å². The molecule has 16 heavy (non-hydrogen) atoms. The SMILES string of the molecule is Cc1cccc(N2CCC(N)(C(=O)O)C2)n1. The van der Waals surface area contributed by atoms with Gasteiger partial charge in [0.1, 0.15) is 11.4 Å². The first-order valence-electron chi connectivity index (χ1n) is 5.22. The van der Waals surface area contributed by atoms with Gasteiger partial charge in [0.15, 0.2) is 0 Å². The Labute approximate surface area is 93.9 Å². The van der Waals surface area contributed by atoms with Crippen molar-refractivity contribution in [3.8, 4) is 0 Å². The number of carbonyl (C=O) groups is 1. The van der Waals surface area contributed by atoms with Crippen LogP contribution in [0.15, 0.2) is 18.2 Å². The van der Waals surface area contributed by atoms with Gasteiger partial charge in [-0.3, -0.25) is 4.79 Å². The molecule has 2 heterocycles. The summed E-state index contributed by atoms with van der Waals surface area (Å²) in [5.41, 5.74) is 5.58. The van der Waals surface area contributed by atoms with Crippen LogP contribution in [0.2, 0.25) is 0 Å². The van der Waals surface area contributed by atoms with Crippen LogP contribution in [-0.2, 0) is 4.79 Å². The van der Waals surface area contributed by atoms with Crippen LogP contribution in [0.5, 0.6) is 0 Å². The lowest BCUT2D eigenvalue weighted by Gasteiger charge is -2.20. The number of aryl methyl sites for hydroxylation is 1. The number of rotatable bonds is 2. The summed E-state index contributed by atoms with van der Waals surface area (Å²) in [6, 6.07) is 5.70. The van der Waals surface area contributed by atoms with Crippen LogP contribution in [0, 0.1) is 6.92 Å². The van der Waals surface area contributed by atoms with E-state index in [0.717, 1.165) is 11.5 Å². The lowest BCUT2D eigenvalue weighted by atomic mass is 10.0. The fraction of sp³-hybridized carbons (Fsp3) is 0.455. The number of pyridine rings is 1. The Morgan fingerprint density at radius 2 is 2.38 bits per heavy atom. The minimum atomic E-state index is -1.13. The molecule has 0 spiro atoms. The first-order chi connectivity index (χ1) is 7.51. The normalized spacial score (nSPS) is 24.8. The molecule has 1 aromatic heterocycles. The number of carboxylic acids is 1. The maximum Gasteiger partial charge on any atom is 0.325 e. The van der Waals surface area contributed by atoms with E-state index in [1.165, 1.54) is 0 Å². The van der Waals surface area contributed by atoms with Crippen molar-refractivity contribution in [1.82, 2.24) is 4.98 Å². The third-order valence-corrected chi connectivity index (χ3v) is 2.92. The zero-order valence-electron chi connectivity index (χ0n) is 9.18. The van der Waals surface area contributed by atoms with Crippen LogP contribution in [0.4, 0.5) is 5.82 Å². The summed E-state index contributed by atoms with van der Waals surface area (Å²) < 4.78 is 0. The molecule has 1 saturated heterocycles. The maximum atomic E-state index is 11.0. The quantitative estimate of drug-likeness (QED) is 0.754. The average molecular weight is 221 g/mol. The molecule has 1 aromatic rings. The van der Waals surface area contributed by atoms with Crippen molar-refractivity contribution >= 4 is 11.8 Å². The second kappa shape index (κ2) is 3.75. The fourth-order valence-corrected chi connectivity index (χ4v) is 1.91. The molecule has 1 fully saturated rings. The molecule has 0 aliphatic carbocycles. The molecule has 0 bridgehead atoms. The number of hydrogen-bond donors (Lipinski definition) is 2. The molecule has 1 unspecified atom stereocenters. The Morgan fingerprint density at radius 1 is 1.62 bits per heavy atom. The molecular weight excluding hydrogens is 206 g/mol. The molecule has 0 saturated carbocycles. The minimum Gasteiger partial charge on any atom is -0.480 e. The fourth-order valence-electron chi connectivity index (χ4n) is 1.91. The molecule has 0 amide bonds. The van der Waals surface area contributed by atoms with Crippen molar-refractivity contribution in [3.63, 3.8) is 0 Å². The van der Waals surface area contributed by atoms with Gasteiger partial charge in [-0.25, -0.2) is 4.98 Å². The van der Waals surface area contributed by atoms with E-state index in [1.807, 2.05) is 30.0 Å². The van der Waals surface area contributed by atoms with Gasteiger partial charge in [0.2, 0.25) is 0 Å². The zero-order valence-corrected chi connectivity index (χ0v) is 9.18. The number of hydrogen-bond acceptors (Lipinski definition) is 4. The predicted octanol–water partition coefficient (Wildman–Crippen LogP) is 0.382. The van der Waals surface area contributed by atoms with E-state index >= 15 is 0 Å². The molecule has 5 heteroatoms. The molecule has 1 aliphatic heterocycles. The van der Waals surface area contributed by atoms with Crippen LogP contribution in [0.3, 0.4) is 0 Å². The zero-order chi connectivity index (χ0) is 11.8. The monoisotopic (exact) mass is 221 g/mol. The second-order valence-electron chi connectivity index (χ2n) is 4.27. The molecule has 0 aromatic carbocycles. The number of nitrogens with two attached hydrogens (primary N) is 1. The van der Waals surface area contributed by atoms with Gasteiger partial charge in [-0.1, -0.05) is 6.07 Å². The van der Waals surface area contributed by atoms with Crippen LogP contribution >= 0.6 is 0 Å². The Morgan fingerprint density at radius 3 is 2.94 bits per heavy atom. The van der Waals surface area contributed by atoms with Gasteiger partial charge in [0, 0.05) is 18.8 Å². The molecule has 1 aliphatic rings. The highest BCUT2D eigenvalue weighted by atomic mass is 16.4. The van der Waals surface area contributed by atoms with Crippen molar-refractivity contribution in [2.24, 2.45) is 5.73 Å². The Balaban J connectivity index is 2.18. The van der Waals surface area contributed by atoms with Gasteiger partial charge < -0.3 is 15.7 Å². The van der Waals surface area contributed by atoms with Crippen molar-refractivity contribution in [2.75, 3.05) is 18.0 Å². The summed E-state index contributed by atoms with van der Waals surface area (Å²) >= 11 is 0. The molecule has 5 nitrogen and oxygen atoms in total. The van der Waals surface area contributed by atoms with Crippen molar-refractivity contribution < 1.29 is 9.90 Å². The largest absolute Gasteiger partial charge is 0.480 e. The van der Waals surface area contributed by atoms with Gasteiger partial charge in [0.05, 0.1) is 0 Å². The summed E-state index contributed by atoms with van der Waals surface area (Å²) in [5, 5.41) is 9.02. The van der Waals surface area contributed by atoms with Crippen molar-refractivity contribution in [2.45, 2.75) is 18.9 Å². The number of aromatic nitrogens is 1. The Bertz CT molecular complexity index is 421. The van der Waals surface area contributed by atoms with E-state index in [9.17, 15) is 4.79 Å². The molecule has 2 rings (SSSR count). The van der Waals surface area contributed by atoms with Gasteiger partial charge >= 0.3 is 5.97 Å². The third kappa shape index (κ3) is 1.86. The van der Waals surface area contributed by atoms with Gasteiger partial charge in [-0.15, -0.1) is 0 Å². The Hall–Kier alpha value is -1.62. The molecule has 3 N–H and O–H groups in total. The highest BCUT2D eigenvalue weighted by molar-refractivity contribution is 5.80. The highest BCUT2D eigenvalue weighted by Gasteiger charge is 2.41. The molecular formula is C11H15N3O2. The molecule has 0 radical (unpaired) electrons. The predicted molar refractivity (Wildman–Crippen MR) is 60.4 cm³/mol. The maximum absolute atomic E-state index is 11.0. The first-order valence-corrected chi connectivity index (χ1v) is 5.22. The van der Waals surface area contributed by atoms with Crippen LogP contribution in [0.1, 0.15) is 12.1 Å². The lowest BCUT2D eigenvalue weighted by molar-refractivity contribution is -0.142.